The Kier molecular flexibility index (Phi) is 5.31. The van der Waals surface area contributed by atoms with E-state index in [1.165, 1.54) is 5.56 Å². The highest BCUT2D eigenvalue weighted by Crippen LogP contribution is 2.39. The van der Waals surface area contributed by atoms with Gasteiger partial charge in [-0.05, 0) is 59.6 Å². The summed E-state index contributed by atoms with van der Waals surface area (Å²) in [6.45, 7) is 6.64. The van der Waals surface area contributed by atoms with Crippen LogP contribution in [0.1, 0.15) is 42.7 Å². The van der Waals surface area contributed by atoms with Gasteiger partial charge in [0.2, 0.25) is 0 Å². The first kappa shape index (κ1) is 22.1. The van der Waals surface area contributed by atoms with Gasteiger partial charge in [-0.1, -0.05) is 32.0 Å². The third-order valence-corrected chi connectivity index (χ3v) is 7.35. The monoisotopic (exact) mass is 474 g/mol. The first-order valence-corrected chi connectivity index (χ1v) is 12.2. The van der Waals surface area contributed by atoms with Gasteiger partial charge >= 0.3 is 0 Å². The minimum atomic E-state index is -2.51. The number of aliphatic imine (C=N–C) groups is 1. The quantitative estimate of drug-likeness (QED) is 0.471. The van der Waals surface area contributed by atoms with Crippen molar-refractivity contribution >= 4 is 17.2 Å². The van der Waals surface area contributed by atoms with Crippen LogP contribution in [0.25, 0.3) is 11.1 Å². The molecule has 0 fully saturated rings. The Balaban J connectivity index is 1.33. The lowest BCUT2D eigenvalue weighted by atomic mass is 9.76. The molecular formula is C28H28F2N4O. The van der Waals surface area contributed by atoms with Gasteiger partial charge in [0.1, 0.15) is 24.5 Å². The Morgan fingerprint density at radius 3 is 2.71 bits per heavy atom. The number of benzene rings is 2. The number of nitrogens with zero attached hydrogens (tertiary/aromatic N) is 4. The Morgan fingerprint density at radius 1 is 1.03 bits per heavy atom. The number of rotatable bonds is 3. The minimum absolute atomic E-state index is 0.0560. The van der Waals surface area contributed by atoms with Gasteiger partial charge in [-0.2, -0.15) is 0 Å². The molecule has 3 aromatic rings. The Bertz CT molecular complexity index is 1330. The smallest absolute Gasteiger partial charge is 0.276 e. The van der Waals surface area contributed by atoms with Crippen LogP contribution in [0.2, 0.25) is 0 Å². The van der Waals surface area contributed by atoms with E-state index in [0.717, 1.165) is 65.3 Å². The number of aromatic nitrogens is 2. The minimum Gasteiger partial charge on any atom is -0.491 e. The first-order valence-electron chi connectivity index (χ1n) is 12.2. The first-order chi connectivity index (χ1) is 16.9. The molecule has 2 aromatic carbocycles. The average molecular weight is 475 g/mol. The van der Waals surface area contributed by atoms with Crippen molar-refractivity contribution in [3.8, 4) is 16.9 Å². The lowest BCUT2D eigenvalue weighted by Crippen LogP contribution is -2.31. The normalized spacial score (nSPS) is 18.3. The van der Waals surface area contributed by atoms with E-state index in [2.05, 4.69) is 34.8 Å². The second-order valence-electron chi connectivity index (χ2n) is 10.5. The summed E-state index contributed by atoms with van der Waals surface area (Å²) < 4.78 is 32.3. The number of ether oxygens (including phenoxy) is 1. The molecule has 1 aromatic heterocycles. The molecule has 0 radical (unpaired) electrons. The third kappa shape index (κ3) is 4.17. The largest absolute Gasteiger partial charge is 0.491 e. The van der Waals surface area contributed by atoms with E-state index in [4.69, 9.17) is 9.72 Å². The number of aryl methyl sites for hydroxylation is 1. The van der Waals surface area contributed by atoms with E-state index in [1.807, 2.05) is 30.3 Å². The summed E-state index contributed by atoms with van der Waals surface area (Å²) in [5.41, 5.74) is 7.15. The van der Waals surface area contributed by atoms with Crippen molar-refractivity contribution in [2.75, 3.05) is 18.1 Å². The molecule has 7 heteroatoms. The maximum absolute atomic E-state index is 13.1. The summed E-state index contributed by atoms with van der Waals surface area (Å²) in [5, 5.41) is 0. The maximum Gasteiger partial charge on any atom is 0.276 e. The van der Waals surface area contributed by atoms with Crippen molar-refractivity contribution in [2.45, 2.75) is 52.5 Å². The van der Waals surface area contributed by atoms with Gasteiger partial charge in [0, 0.05) is 29.8 Å². The van der Waals surface area contributed by atoms with Crippen molar-refractivity contribution in [3.05, 3.63) is 65.1 Å². The zero-order valence-corrected chi connectivity index (χ0v) is 20.0. The lowest BCUT2D eigenvalue weighted by Gasteiger charge is -2.33. The highest BCUT2D eigenvalue weighted by molar-refractivity contribution is 5.96. The van der Waals surface area contributed by atoms with Crippen LogP contribution in [0.3, 0.4) is 0 Å². The van der Waals surface area contributed by atoms with Gasteiger partial charge in [-0.25, -0.2) is 18.7 Å². The second-order valence-corrected chi connectivity index (χ2v) is 10.5. The van der Waals surface area contributed by atoms with E-state index >= 15 is 0 Å². The van der Waals surface area contributed by atoms with Gasteiger partial charge in [-0.15, -0.1) is 0 Å². The summed E-state index contributed by atoms with van der Waals surface area (Å²) in [4.78, 5) is 15.8. The number of anilines is 1. The van der Waals surface area contributed by atoms with Crippen LogP contribution in [-0.4, -0.2) is 35.3 Å². The molecule has 0 saturated carbocycles. The predicted molar refractivity (Wildman–Crippen MR) is 133 cm³/mol. The molecule has 35 heavy (non-hydrogen) atoms. The van der Waals surface area contributed by atoms with Crippen LogP contribution in [0.4, 0.5) is 20.3 Å². The van der Waals surface area contributed by atoms with Crippen LogP contribution in [0.5, 0.6) is 5.75 Å². The van der Waals surface area contributed by atoms with E-state index in [9.17, 15) is 8.78 Å². The molecule has 180 valence electrons. The fourth-order valence-corrected chi connectivity index (χ4v) is 5.40. The van der Waals surface area contributed by atoms with Crippen molar-refractivity contribution < 1.29 is 13.5 Å². The van der Waals surface area contributed by atoms with E-state index in [-0.39, 0.29) is 17.5 Å². The van der Waals surface area contributed by atoms with Gasteiger partial charge in [-0.3, -0.25) is 4.99 Å². The highest BCUT2D eigenvalue weighted by atomic mass is 19.3. The molecule has 0 amide bonds. The molecule has 2 aliphatic heterocycles. The number of alkyl halides is 2. The van der Waals surface area contributed by atoms with E-state index in [0.29, 0.717) is 18.8 Å². The summed E-state index contributed by atoms with van der Waals surface area (Å²) >= 11 is 0. The Labute approximate surface area is 203 Å². The molecule has 0 atom stereocenters. The van der Waals surface area contributed by atoms with Gasteiger partial charge in [0.05, 0.1) is 17.9 Å². The molecule has 0 unspecified atom stereocenters. The molecule has 1 aliphatic carbocycles. The van der Waals surface area contributed by atoms with Gasteiger partial charge < -0.3 is 9.64 Å². The average Bonchev–Trinajstić information content (AvgIpc) is 3.16. The van der Waals surface area contributed by atoms with Gasteiger partial charge in [0.25, 0.3) is 6.43 Å². The molecule has 3 aliphatic rings. The number of halogens is 2. The maximum atomic E-state index is 13.1. The summed E-state index contributed by atoms with van der Waals surface area (Å²) in [5.74, 6) is 1.88. The number of hydrogen-bond acceptors (Lipinski definition) is 5. The van der Waals surface area contributed by atoms with Crippen molar-refractivity contribution in [1.29, 1.82) is 0 Å². The van der Waals surface area contributed by atoms with E-state index < -0.39 is 6.43 Å². The molecule has 5 nitrogen and oxygen atoms in total. The van der Waals surface area contributed by atoms with Crippen LogP contribution in [0.15, 0.2) is 47.7 Å². The zero-order valence-electron chi connectivity index (χ0n) is 20.0. The fraction of sp³-hybridized carbons (Fsp3) is 0.393. The number of fused-ring (bicyclic) bond motifs is 3. The third-order valence-electron chi connectivity index (χ3n) is 7.35. The van der Waals surface area contributed by atoms with Crippen LogP contribution < -0.4 is 9.64 Å². The second kappa shape index (κ2) is 8.40. The van der Waals surface area contributed by atoms with Crippen molar-refractivity contribution in [1.82, 2.24) is 9.97 Å². The summed E-state index contributed by atoms with van der Waals surface area (Å²) in [6.07, 6.45) is 2.49. The molecule has 6 rings (SSSR count). The fourth-order valence-electron chi connectivity index (χ4n) is 5.40. The molecule has 0 bridgehead atoms. The Hall–Kier alpha value is -3.35. The summed E-state index contributed by atoms with van der Waals surface area (Å²) in [7, 11) is 0. The standard InChI is InChI=1S/C28H28F2N4O/c1-28(2)8-7-22-21(14-28)27(32-16-31-22)34-9-10-35-25-6-5-17(11-20(25)15-34)18-3-4-19-13-24(26(29)30)33-23(19)12-18/h3-6,11-12,16,26H,7-10,13-15H2,1-2H3. The van der Waals surface area contributed by atoms with Crippen LogP contribution in [0, 0.1) is 5.41 Å². The molecule has 0 spiro atoms. The molecular weight excluding hydrogens is 446 g/mol. The SMILES string of the molecule is CC1(C)CCc2ncnc(N3CCOc4ccc(-c5ccc6c(c5)N=C(C(F)F)C6)cc4C3)c2C1. The van der Waals surface area contributed by atoms with Crippen molar-refractivity contribution in [2.24, 2.45) is 10.4 Å². The zero-order chi connectivity index (χ0) is 24.2. The van der Waals surface area contributed by atoms with Crippen LogP contribution in [-0.2, 0) is 25.8 Å². The van der Waals surface area contributed by atoms with Crippen molar-refractivity contribution in [3.63, 3.8) is 0 Å². The Morgan fingerprint density at radius 2 is 1.86 bits per heavy atom. The summed E-state index contributed by atoms with van der Waals surface area (Å²) in [6, 6.07) is 12.0. The predicted octanol–water partition coefficient (Wildman–Crippen LogP) is 5.95. The molecule has 0 saturated heterocycles. The van der Waals surface area contributed by atoms with Gasteiger partial charge in [0.15, 0.2) is 0 Å². The highest BCUT2D eigenvalue weighted by Gasteiger charge is 2.31. The molecule has 0 N–H and O–H groups in total. The molecule has 3 heterocycles. The number of hydrogen-bond donors (Lipinski definition) is 0. The van der Waals surface area contributed by atoms with E-state index in [1.54, 1.807) is 6.33 Å². The lowest BCUT2D eigenvalue weighted by molar-refractivity contribution is 0.224. The topological polar surface area (TPSA) is 50.6 Å². The van der Waals surface area contributed by atoms with Crippen LogP contribution >= 0.6 is 0 Å².